The van der Waals surface area contributed by atoms with Gasteiger partial charge in [0.05, 0.1) is 0 Å². The topological polar surface area (TPSA) is 0 Å². The lowest BCUT2D eigenvalue weighted by Gasteiger charge is -2.02. The first-order valence-electron chi connectivity index (χ1n) is 3.72. The first-order chi connectivity index (χ1) is 6.18. The molecule has 0 radical (unpaired) electrons. The molecule has 0 N–H and O–H groups in total. The molecule has 0 atom stereocenters. The van der Waals surface area contributed by atoms with E-state index in [1.54, 1.807) is 0 Å². The minimum absolute atomic E-state index is 0.783. The van der Waals surface area contributed by atoms with Crippen molar-refractivity contribution < 1.29 is 0 Å². The second kappa shape index (κ2) is 3.75. The highest BCUT2D eigenvalue weighted by Crippen LogP contribution is 2.29. The van der Waals surface area contributed by atoms with Gasteiger partial charge in [-0.3, -0.25) is 0 Å². The molecular weight excluding hydrogens is 362 g/mol. The third-order valence-electron chi connectivity index (χ3n) is 1.87. The van der Waals surface area contributed by atoms with Crippen molar-refractivity contribution in [1.29, 1.82) is 0 Å². The van der Waals surface area contributed by atoms with E-state index < -0.39 is 0 Å². The second-order valence-corrected chi connectivity index (χ2v) is 5.10. The van der Waals surface area contributed by atoms with Crippen molar-refractivity contribution >= 4 is 60.9 Å². The van der Waals surface area contributed by atoms with Crippen molar-refractivity contribution in [2.45, 2.75) is 0 Å². The average Bonchev–Trinajstić information content (AvgIpc) is 2.12. The molecule has 0 spiro atoms. The largest absolute Gasteiger partial charge is 0.0843 e. The second-order valence-electron chi connectivity index (χ2n) is 2.73. The summed E-state index contributed by atoms with van der Waals surface area (Å²) in [6.45, 7) is 0. The smallest absolute Gasteiger partial charge is 0.0412 e. The van der Waals surface area contributed by atoms with Gasteiger partial charge >= 0.3 is 0 Å². The molecule has 0 aromatic heterocycles. The summed E-state index contributed by atoms with van der Waals surface area (Å²) >= 11 is 11.7. The zero-order valence-electron chi connectivity index (χ0n) is 6.52. The van der Waals surface area contributed by atoms with Crippen molar-refractivity contribution in [3.63, 3.8) is 0 Å². The number of benzene rings is 2. The van der Waals surface area contributed by atoms with Crippen LogP contribution in [0.15, 0.2) is 34.8 Å². The maximum atomic E-state index is 5.90. The molecule has 2 rings (SSSR count). The molecule has 0 amide bonds. The van der Waals surface area contributed by atoms with Crippen LogP contribution in [0.3, 0.4) is 0 Å². The summed E-state index contributed by atoms with van der Waals surface area (Å²) in [5.74, 6) is 0. The van der Waals surface area contributed by atoms with Crippen molar-refractivity contribution in [2.24, 2.45) is 0 Å². The van der Waals surface area contributed by atoms with Gasteiger partial charge in [-0.15, -0.1) is 0 Å². The van der Waals surface area contributed by atoms with E-state index in [0.29, 0.717) is 0 Å². The van der Waals surface area contributed by atoms with E-state index in [9.17, 15) is 0 Å². The molecule has 0 aliphatic carbocycles. The first kappa shape index (κ1) is 9.74. The zero-order chi connectivity index (χ0) is 9.42. The van der Waals surface area contributed by atoms with Gasteiger partial charge < -0.3 is 0 Å². The Kier molecular flexibility index (Phi) is 2.81. The minimum Gasteiger partial charge on any atom is -0.0843 e. The molecule has 0 aliphatic heterocycles. The Balaban J connectivity index is 2.87. The summed E-state index contributed by atoms with van der Waals surface area (Å²) in [7, 11) is 0. The third-order valence-corrected chi connectivity index (χ3v) is 4.67. The third kappa shape index (κ3) is 1.85. The van der Waals surface area contributed by atoms with Gasteiger partial charge in [-0.2, -0.15) is 0 Å². The Morgan fingerprint density at radius 2 is 1.92 bits per heavy atom. The van der Waals surface area contributed by atoms with Crippen molar-refractivity contribution in [2.75, 3.05) is 0 Å². The van der Waals surface area contributed by atoms with E-state index >= 15 is 0 Å². The SMILES string of the molecule is Clc1ccc2c(I)c(Br)ccc2c1. The van der Waals surface area contributed by atoms with Gasteiger partial charge in [-0.05, 0) is 67.5 Å². The Labute approximate surface area is 104 Å². The molecule has 0 heterocycles. The van der Waals surface area contributed by atoms with Crippen LogP contribution >= 0.6 is 50.1 Å². The van der Waals surface area contributed by atoms with Crippen LogP contribution < -0.4 is 0 Å². The standard InChI is InChI=1S/C10H5BrClI/c11-9-4-1-6-5-7(12)2-3-8(6)10(9)13/h1-5H. The molecule has 0 saturated carbocycles. The fourth-order valence-electron chi connectivity index (χ4n) is 1.24. The molecular formula is C10H5BrClI. The summed E-state index contributed by atoms with van der Waals surface area (Å²) in [6, 6.07) is 10.0. The highest BCUT2D eigenvalue weighted by molar-refractivity contribution is 14.1. The fourth-order valence-corrected chi connectivity index (χ4v) is 2.43. The monoisotopic (exact) mass is 366 g/mol. The molecule has 2 aromatic rings. The van der Waals surface area contributed by atoms with Gasteiger partial charge in [0, 0.05) is 13.1 Å². The summed E-state index contributed by atoms with van der Waals surface area (Å²) in [6.07, 6.45) is 0. The molecule has 0 bridgehead atoms. The van der Waals surface area contributed by atoms with Crippen molar-refractivity contribution in [1.82, 2.24) is 0 Å². The van der Waals surface area contributed by atoms with Crippen molar-refractivity contribution in [3.8, 4) is 0 Å². The van der Waals surface area contributed by atoms with Crippen LogP contribution in [0.4, 0.5) is 0 Å². The van der Waals surface area contributed by atoms with Gasteiger partial charge in [0.1, 0.15) is 0 Å². The van der Waals surface area contributed by atoms with Crippen LogP contribution in [0.25, 0.3) is 10.8 Å². The quantitative estimate of drug-likeness (QED) is 0.584. The summed E-state index contributed by atoms with van der Waals surface area (Å²) < 4.78 is 2.36. The Morgan fingerprint density at radius 3 is 2.69 bits per heavy atom. The van der Waals surface area contributed by atoms with E-state index in [2.05, 4.69) is 44.6 Å². The average molecular weight is 367 g/mol. The highest BCUT2D eigenvalue weighted by Gasteiger charge is 2.02. The maximum absolute atomic E-state index is 5.90. The van der Waals surface area contributed by atoms with Gasteiger partial charge in [-0.1, -0.05) is 23.7 Å². The summed E-state index contributed by atoms with van der Waals surface area (Å²) in [5.41, 5.74) is 0. The molecule has 2 aromatic carbocycles. The Bertz CT molecular complexity index is 468. The van der Waals surface area contributed by atoms with Gasteiger partial charge in [0.2, 0.25) is 0 Å². The number of fused-ring (bicyclic) bond motifs is 1. The molecule has 0 aliphatic rings. The number of rotatable bonds is 0. The molecule has 13 heavy (non-hydrogen) atoms. The highest BCUT2D eigenvalue weighted by atomic mass is 127. The van der Waals surface area contributed by atoms with Crippen LogP contribution in [-0.2, 0) is 0 Å². The summed E-state index contributed by atoms with van der Waals surface area (Å²) in [4.78, 5) is 0. The lowest BCUT2D eigenvalue weighted by Crippen LogP contribution is -1.79. The molecule has 0 unspecified atom stereocenters. The van der Waals surface area contributed by atoms with Gasteiger partial charge in [0.25, 0.3) is 0 Å². The van der Waals surface area contributed by atoms with E-state index in [-0.39, 0.29) is 0 Å². The van der Waals surface area contributed by atoms with Crippen molar-refractivity contribution in [3.05, 3.63) is 43.4 Å². The predicted octanol–water partition coefficient (Wildman–Crippen LogP) is 4.86. The van der Waals surface area contributed by atoms with Gasteiger partial charge in [-0.25, -0.2) is 0 Å². The number of halogens is 3. The number of hydrogen-bond donors (Lipinski definition) is 0. The molecule has 3 heteroatoms. The fraction of sp³-hybridized carbons (Fsp3) is 0. The summed E-state index contributed by atoms with van der Waals surface area (Å²) in [5, 5.41) is 3.20. The van der Waals surface area contributed by atoms with E-state index in [1.165, 1.54) is 14.3 Å². The van der Waals surface area contributed by atoms with Crippen LogP contribution in [0, 0.1) is 3.57 Å². The Hall–Kier alpha value is 0.200. The van der Waals surface area contributed by atoms with Gasteiger partial charge in [0.15, 0.2) is 0 Å². The van der Waals surface area contributed by atoms with E-state index in [4.69, 9.17) is 11.6 Å². The predicted molar refractivity (Wildman–Crippen MR) is 69.4 cm³/mol. The molecule has 0 nitrogen and oxygen atoms in total. The number of hydrogen-bond acceptors (Lipinski definition) is 0. The minimum atomic E-state index is 0.783. The van der Waals surface area contributed by atoms with Crippen LogP contribution in [-0.4, -0.2) is 0 Å². The first-order valence-corrected chi connectivity index (χ1v) is 5.97. The normalized spacial score (nSPS) is 10.7. The van der Waals surface area contributed by atoms with Crippen LogP contribution in [0.1, 0.15) is 0 Å². The zero-order valence-corrected chi connectivity index (χ0v) is 11.0. The lowest BCUT2D eigenvalue weighted by atomic mass is 10.1. The van der Waals surface area contributed by atoms with Crippen LogP contribution in [0.5, 0.6) is 0 Å². The molecule has 0 fully saturated rings. The molecule has 0 saturated heterocycles. The Morgan fingerprint density at radius 1 is 1.15 bits per heavy atom. The molecule has 66 valence electrons. The van der Waals surface area contributed by atoms with E-state index in [0.717, 1.165) is 9.50 Å². The van der Waals surface area contributed by atoms with Crippen LogP contribution in [0.2, 0.25) is 5.02 Å². The maximum Gasteiger partial charge on any atom is 0.0412 e. The lowest BCUT2D eigenvalue weighted by molar-refractivity contribution is 1.65. The van der Waals surface area contributed by atoms with E-state index in [1.807, 2.05) is 24.3 Å².